The zero-order chi connectivity index (χ0) is 19.6. The Kier molecular flexibility index (Phi) is 8.21. The highest BCUT2D eigenvalue weighted by Crippen LogP contribution is 2.24. The summed E-state index contributed by atoms with van der Waals surface area (Å²) in [5.74, 6) is 0.843. The number of benzene rings is 1. The number of nitrogens with zero attached hydrogens (tertiary/aromatic N) is 3. The van der Waals surface area contributed by atoms with Gasteiger partial charge < -0.3 is 19.9 Å². The second-order valence-corrected chi connectivity index (χ2v) is 7.22. The molecule has 1 aromatic carbocycles. The minimum absolute atomic E-state index is 0.183. The number of guanidine groups is 1. The number of halogens is 1. The number of nitrogens with one attached hydrogen (secondary N) is 2. The first-order valence-corrected chi connectivity index (χ1v) is 10.3. The van der Waals surface area contributed by atoms with Crippen molar-refractivity contribution in [1.82, 2.24) is 20.1 Å². The van der Waals surface area contributed by atoms with Crippen molar-refractivity contribution in [2.75, 3.05) is 45.9 Å². The van der Waals surface area contributed by atoms with Crippen molar-refractivity contribution >= 4 is 17.6 Å². The first-order chi connectivity index (χ1) is 13.8. The van der Waals surface area contributed by atoms with E-state index in [-0.39, 0.29) is 6.04 Å². The van der Waals surface area contributed by atoms with Crippen LogP contribution >= 0.6 is 11.6 Å². The van der Waals surface area contributed by atoms with Gasteiger partial charge in [-0.2, -0.15) is 0 Å². The highest BCUT2D eigenvalue weighted by molar-refractivity contribution is 6.30. The Morgan fingerprint density at radius 1 is 1.18 bits per heavy atom. The maximum atomic E-state index is 6.25. The molecular weight excluding hydrogens is 374 g/mol. The molecule has 1 aromatic heterocycles. The summed E-state index contributed by atoms with van der Waals surface area (Å²) in [6.45, 7) is 8.63. The second-order valence-electron chi connectivity index (χ2n) is 6.79. The molecule has 0 radical (unpaired) electrons. The van der Waals surface area contributed by atoms with E-state index in [1.807, 2.05) is 30.3 Å². The molecule has 1 aliphatic heterocycles. The van der Waals surface area contributed by atoms with Gasteiger partial charge >= 0.3 is 0 Å². The molecule has 6 nitrogen and oxygen atoms in total. The average Bonchev–Trinajstić information content (AvgIpc) is 3.22. The molecule has 1 fully saturated rings. The minimum atomic E-state index is 0.183. The summed E-state index contributed by atoms with van der Waals surface area (Å²) in [5, 5.41) is 7.53. The lowest BCUT2D eigenvalue weighted by Crippen LogP contribution is -2.42. The molecule has 0 aliphatic carbocycles. The average molecular weight is 404 g/mol. The molecular formula is C21H30ClN5O. The Morgan fingerprint density at radius 2 is 1.96 bits per heavy atom. The van der Waals surface area contributed by atoms with Gasteiger partial charge in [-0.3, -0.25) is 9.89 Å². The van der Waals surface area contributed by atoms with E-state index < -0.39 is 0 Å². The van der Waals surface area contributed by atoms with Crippen molar-refractivity contribution in [2.24, 2.45) is 4.99 Å². The maximum Gasteiger partial charge on any atom is 0.191 e. The maximum absolute atomic E-state index is 6.25. The van der Waals surface area contributed by atoms with Crippen molar-refractivity contribution in [3.63, 3.8) is 0 Å². The number of hydrogen-bond donors (Lipinski definition) is 2. The summed E-state index contributed by atoms with van der Waals surface area (Å²) in [7, 11) is 0. The Labute approximate surface area is 172 Å². The number of ether oxygens (including phenoxy) is 1. The van der Waals surface area contributed by atoms with Crippen LogP contribution < -0.4 is 10.6 Å². The molecule has 28 heavy (non-hydrogen) atoms. The molecule has 3 rings (SSSR count). The van der Waals surface area contributed by atoms with Gasteiger partial charge in [-0.05, 0) is 36.8 Å². The smallest absolute Gasteiger partial charge is 0.191 e. The lowest BCUT2D eigenvalue weighted by atomic mass is 10.0. The topological polar surface area (TPSA) is 53.8 Å². The Bertz CT molecular complexity index is 728. The lowest BCUT2D eigenvalue weighted by molar-refractivity contribution is 0.0180. The van der Waals surface area contributed by atoms with Crippen LogP contribution in [0.2, 0.25) is 5.02 Å². The predicted octanol–water partition coefficient (Wildman–Crippen LogP) is 2.77. The zero-order valence-corrected chi connectivity index (χ0v) is 17.2. The summed E-state index contributed by atoms with van der Waals surface area (Å²) in [5.41, 5.74) is 1.20. The van der Waals surface area contributed by atoms with Crippen LogP contribution in [0.15, 0.2) is 53.8 Å². The molecule has 0 amide bonds. The van der Waals surface area contributed by atoms with Crippen molar-refractivity contribution in [3.8, 4) is 0 Å². The third kappa shape index (κ3) is 6.26. The normalized spacial score (nSPS) is 16.7. The molecule has 152 valence electrons. The predicted molar refractivity (Wildman–Crippen MR) is 115 cm³/mol. The van der Waals surface area contributed by atoms with E-state index in [0.717, 1.165) is 56.9 Å². The van der Waals surface area contributed by atoms with Gasteiger partial charge in [0, 0.05) is 50.1 Å². The first kappa shape index (κ1) is 20.7. The monoisotopic (exact) mass is 403 g/mol. The molecule has 1 atom stereocenters. The molecule has 7 heteroatoms. The molecule has 0 bridgehead atoms. The van der Waals surface area contributed by atoms with Crippen LogP contribution in [0, 0.1) is 0 Å². The Hall–Kier alpha value is -2.02. The van der Waals surface area contributed by atoms with Gasteiger partial charge in [0.05, 0.1) is 25.8 Å². The molecule has 1 saturated heterocycles. The molecule has 1 unspecified atom stereocenters. The fourth-order valence-electron chi connectivity index (χ4n) is 3.38. The molecule has 2 aromatic rings. The lowest BCUT2D eigenvalue weighted by Gasteiger charge is -2.34. The fourth-order valence-corrected chi connectivity index (χ4v) is 3.58. The summed E-state index contributed by atoms with van der Waals surface area (Å²) in [4.78, 5) is 7.31. The van der Waals surface area contributed by atoms with Crippen molar-refractivity contribution in [2.45, 2.75) is 19.5 Å². The van der Waals surface area contributed by atoms with Crippen LogP contribution in [0.4, 0.5) is 0 Å². The fraction of sp³-hybridized carbons (Fsp3) is 0.476. The van der Waals surface area contributed by atoms with Crippen molar-refractivity contribution in [3.05, 3.63) is 59.4 Å². The van der Waals surface area contributed by atoms with Crippen LogP contribution in [0.1, 0.15) is 18.5 Å². The molecule has 1 aliphatic rings. The van der Waals surface area contributed by atoms with Crippen LogP contribution in [0.5, 0.6) is 0 Å². The SMILES string of the molecule is CCNC(=NCC(c1cccc(Cl)c1)N1CCOCC1)NCCn1cccc1. The Balaban J connectivity index is 1.67. The third-order valence-electron chi connectivity index (χ3n) is 4.82. The molecule has 2 N–H and O–H groups in total. The van der Waals surface area contributed by atoms with Crippen LogP contribution in [-0.4, -0.2) is 61.4 Å². The van der Waals surface area contributed by atoms with E-state index in [4.69, 9.17) is 21.3 Å². The summed E-state index contributed by atoms with van der Waals surface area (Å²) in [6, 6.07) is 12.4. The molecule has 0 saturated carbocycles. The second kappa shape index (κ2) is 11.1. The summed E-state index contributed by atoms with van der Waals surface area (Å²) in [6.07, 6.45) is 4.14. The summed E-state index contributed by atoms with van der Waals surface area (Å²) >= 11 is 6.25. The highest BCUT2D eigenvalue weighted by atomic mass is 35.5. The number of aromatic nitrogens is 1. The minimum Gasteiger partial charge on any atom is -0.379 e. The molecule has 0 spiro atoms. The van der Waals surface area contributed by atoms with Gasteiger partial charge in [-0.25, -0.2) is 0 Å². The van der Waals surface area contributed by atoms with E-state index in [2.05, 4.69) is 45.5 Å². The number of aliphatic imine (C=N–C) groups is 1. The van der Waals surface area contributed by atoms with Gasteiger partial charge in [-0.15, -0.1) is 0 Å². The van der Waals surface area contributed by atoms with Gasteiger partial charge in [0.25, 0.3) is 0 Å². The van der Waals surface area contributed by atoms with Crippen LogP contribution in [-0.2, 0) is 11.3 Å². The largest absolute Gasteiger partial charge is 0.379 e. The first-order valence-electron chi connectivity index (χ1n) is 9.96. The van der Waals surface area contributed by atoms with E-state index in [9.17, 15) is 0 Å². The number of rotatable bonds is 8. The number of morpholine rings is 1. The third-order valence-corrected chi connectivity index (χ3v) is 5.05. The molecule has 2 heterocycles. The quantitative estimate of drug-likeness (QED) is 0.525. The van der Waals surface area contributed by atoms with Gasteiger partial charge in [-0.1, -0.05) is 23.7 Å². The van der Waals surface area contributed by atoms with E-state index in [0.29, 0.717) is 6.54 Å². The van der Waals surface area contributed by atoms with Crippen LogP contribution in [0.3, 0.4) is 0 Å². The number of hydrogen-bond acceptors (Lipinski definition) is 3. The van der Waals surface area contributed by atoms with Crippen molar-refractivity contribution in [1.29, 1.82) is 0 Å². The van der Waals surface area contributed by atoms with Gasteiger partial charge in [0.2, 0.25) is 0 Å². The Morgan fingerprint density at radius 3 is 2.68 bits per heavy atom. The van der Waals surface area contributed by atoms with E-state index in [1.165, 1.54) is 5.56 Å². The zero-order valence-electron chi connectivity index (χ0n) is 16.5. The van der Waals surface area contributed by atoms with Gasteiger partial charge in [0.15, 0.2) is 5.96 Å². The standard InChI is InChI=1S/C21H30ClN5O/c1-2-23-21(24-8-11-26-9-3-4-10-26)25-17-20(27-12-14-28-15-13-27)18-6-5-7-19(22)16-18/h3-7,9-10,16,20H,2,8,11-15,17H2,1H3,(H2,23,24,25). The van der Waals surface area contributed by atoms with E-state index in [1.54, 1.807) is 0 Å². The summed E-state index contributed by atoms with van der Waals surface area (Å²) < 4.78 is 7.68. The van der Waals surface area contributed by atoms with Gasteiger partial charge in [0.1, 0.15) is 0 Å². The van der Waals surface area contributed by atoms with E-state index >= 15 is 0 Å². The highest BCUT2D eigenvalue weighted by Gasteiger charge is 2.22. The van der Waals surface area contributed by atoms with Crippen LogP contribution in [0.25, 0.3) is 0 Å². The van der Waals surface area contributed by atoms with Crippen molar-refractivity contribution < 1.29 is 4.74 Å².